The molecule has 1 aromatic rings. The molecular formula is C26H41N3O3. The number of methoxy groups -OCH3 is 1. The molecule has 178 valence electrons. The van der Waals surface area contributed by atoms with Gasteiger partial charge in [0.15, 0.2) is 5.78 Å². The molecule has 0 spiro atoms. The van der Waals surface area contributed by atoms with Crippen molar-refractivity contribution >= 4 is 5.78 Å². The Hall–Kier alpha value is -1.27. The van der Waals surface area contributed by atoms with Crippen LogP contribution >= 0.6 is 0 Å². The molecule has 0 aromatic carbocycles. The number of fused-ring (bicyclic) bond motifs is 5. The Bertz CT molecular complexity index is 841. The van der Waals surface area contributed by atoms with Crippen LogP contribution in [0.15, 0.2) is 12.4 Å². The van der Waals surface area contributed by atoms with E-state index in [1.165, 1.54) is 32.1 Å². The fourth-order valence-electron chi connectivity index (χ4n) is 9.24. The van der Waals surface area contributed by atoms with Gasteiger partial charge in [0.1, 0.15) is 6.54 Å². The second kappa shape index (κ2) is 7.90. The summed E-state index contributed by atoms with van der Waals surface area (Å²) in [5.74, 6) is 3.18. The maximum atomic E-state index is 13.3. The molecule has 6 nitrogen and oxygen atoms in total. The summed E-state index contributed by atoms with van der Waals surface area (Å²) in [4.78, 5) is 14.8. The van der Waals surface area contributed by atoms with Crippen LogP contribution in [0.5, 0.6) is 0 Å². The SMILES string of the molecule is CO[C@]1(C(C)O)CC[C@@H]2CC[C@@H]3[C@H](CC[C@]4(C)[C@@H](C(=O)Cn5nccn5)CC[C@@H]34)[C@@]2(C)C1. The van der Waals surface area contributed by atoms with E-state index in [-0.39, 0.29) is 16.7 Å². The van der Waals surface area contributed by atoms with Crippen LogP contribution in [0.3, 0.4) is 0 Å². The first-order valence-electron chi connectivity index (χ1n) is 12.8. The Kier molecular flexibility index (Phi) is 5.56. The summed E-state index contributed by atoms with van der Waals surface area (Å²) in [6, 6.07) is 0. The molecule has 0 amide bonds. The fraction of sp³-hybridized carbons (Fsp3) is 0.885. The Morgan fingerprint density at radius 2 is 1.78 bits per heavy atom. The predicted molar refractivity (Wildman–Crippen MR) is 122 cm³/mol. The lowest BCUT2D eigenvalue weighted by Crippen LogP contribution is -2.59. The first kappa shape index (κ1) is 22.5. The van der Waals surface area contributed by atoms with E-state index in [1.54, 1.807) is 24.3 Å². The van der Waals surface area contributed by atoms with Gasteiger partial charge in [-0.05, 0) is 99.2 Å². The molecule has 4 fully saturated rings. The number of carbonyl (C=O) groups excluding carboxylic acids is 1. The largest absolute Gasteiger partial charge is 0.390 e. The number of aliphatic hydroxyl groups is 1. The summed E-state index contributed by atoms with van der Waals surface area (Å²) in [6.07, 6.45) is 13.1. The van der Waals surface area contributed by atoms with E-state index in [0.717, 1.165) is 31.6 Å². The van der Waals surface area contributed by atoms with Crippen LogP contribution in [-0.2, 0) is 16.1 Å². The van der Waals surface area contributed by atoms with Gasteiger partial charge in [0.2, 0.25) is 0 Å². The smallest absolute Gasteiger partial charge is 0.159 e. The van der Waals surface area contributed by atoms with Gasteiger partial charge < -0.3 is 9.84 Å². The van der Waals surface area contributed by atoms with E-state index < -0.39 is 11.7 Å². The molecule has 4 saturated carbocycles. The first-order valence-corrected chi connectivity index (χ1v) is 12.8. The summed E-state index contributed by atoms with van der Waals surface area (Å²) in [5, 5.41) is 19.0. The van der Waals surface area contributed by atoms with Gasteiger partial charge in [-0.3, -0.25) is 4.79 Å². The number of ether oxygens (including phenoxy) is 1. The average molecular weight is 444 g/mol. The number of hydrogen-bond donors (Lipinski definition) is 1. The normalized spacial score (nSPS) is 46.7. The highest BCUT2D eigenvalue weighted by Crippen LogP contribution is 2.68. The summed E-state index contributed by atoms with van der Waals surface area (Å²) in [5.41, 5.74) is -0.0821. The van der Waals surface area contributed by atoms with Gasteiger partial charge in [-0.2, -0.15) is 15.0 Å². The summed E-state index contributed by atoms with van der Waals surface area (Å²) < 4.78 is 6.03. The third-order valence-electron chi connectivity index (χ3n) is 11.0. The summed E-state index contributed by atoms with van der Waals surface area (Å²) in [7, 11) is 1.79. The van der Waals surface area contributed by atoms with Crippen molar-refractivity contribution in [3.05, 3.63) is 12.4 Å². The molecule has 5 rings (SSSR count). The van der Waals surface area contributed by atoms with E-state index >= 15 is 0 Å². The van der Waals surface area contributed by atoms with Gasteiger partial charge in [0.05, 0.1) is 24.1 Å². The number of carbonyl (C=O) groups is 1. The topological polar surface area (TPSA) is 77.2 Å². The maximum absolute atomic E-state index is 13.3. The number of nitrogens with zero attached hydrogens (tertiary/aromatic N) is 3. The van der Waals surface area contributed by atoms with E-state index in [2.05, 4.69) is 24.0 Å². The van der Waals surface area contributed by atoms with Crippen LogP contribution in [0.25, 0.3) is 0 Å². The molecule has 1 unspecified atom stereocenters. The molecule has 0 aliphatic heterocycles. The van der Waals surface area contributed by atoms with Gasteiger partial charge in [0, 0.05) is 13.0 Å². The molecule has 1 aromatic heterocycles. The highest BCUT2D eigenvalue weighted by atomic mass is 16.5. The lowest BCUT2D eigenvalue weighted by molar-refractivity contribution is -0.196. The lowest BCUT2D eigenvalue weighted by atomic mass is 9.43. The lowest BCUT2D eigenvalue weighted by Gasteiger charge is -2.63. The Balaban J connectivity index is 1.38. The average Bonchev–Trinajstić information content (AvgIpc) is 3.39. The number of ketones is 1. The van der Waals surface area contributed by atoms with Gasteiger partial charge >= 0.3 is 0 Å². The third-order valence-corrected chi connectivity index (χ3v) is 11.0. The zero-order valence-electron chi connectivity index (χ0n) is 20.3. The summed E-state index contributed by atoms with van der Waals surface area (Å²) in [6.45, 7) is 7.13. The zero-order chi connectivity index (χ0) is 22.7. The predicted octanol–water partition coefficient (Wildman–Crippen LogP) is 4.27. The number of Topliss-reactive ketones (excluding diaryl/α,β-unsaturated/α-hetero) is 1. The van der Waals surface area contributed by atoms with Crippen molar-refractivity contribution in [2.24, 2.45) is 40.4 Å². The molecule has 4 aliphatic carbocycles. The van der Waals surface area contributed by atoms with Crippen molar-refractivity contribution < 1.29 is 14.6 Å². The summed E-state index contributed by atoms with van der Waals surface area (Å²) >= 11 is 0. The Morgan fingerprint density at radius 3 is 2.47 bits per heavy atom. The molecule has 0 radical (unpaired) electrons. The van der Waals surface area contributed by atoms with Crippen LogP contribution in [0.1, 0.15) is 78.6 Å². The van der Waals surface area contributed by atoms with Crippen molar-refractivity contribution in [2.75, 3.05) is 7.11 Å². The fourth-order valence-corrected chi connectivity index (χ4v) is 9.24. The maximum Gasteiger partial charge on any atom is 0.159 e. The van der Waals surface area contributed by atoms with Crippen molar-refractivity contribution in [2.45, 2.75) is 96.8 Å². The standard InChI is InChI=1S/C26H41N3O3/c1-17(30)26(32-4)12-9-18-5-6-19-20-7-8-22(23(31)15-29-27-13-14-28-29)24(20,2)11-10-21(19)25(18,3)16-26/h13-14,17-22,30H,5-12,15-16H2,1-4H3/t17?,18-,19-,20-,21-,22+,24-,25-,26+/m0/s1. The second-order valence-electron chi connectivity index (χ2n) is 12.0. The van der Waals surface area contributed by atoms with E-state index in [9.17, 15) is 9.90 Å². The molecule has 6 heteroatoms. The molecule has 0 saturated heterocycles. The molecule has 1 heterocycles. The highest BCUT2D eigenvalue weighted by Gasteiger charge is 2.63. The highest BCUT2D eigenvalue weighted by molar-refractivity contribution is 5.82. The van der Waals surface area contributed by atoms with E-state index in [1.807, 2.05) is 6.92 Å². The number of aliphatic hydroxyl groups excluding tert-OH is 1. The van der Waals surface area contributed by atoms with Crippen molar-refractivity contribution in [3.63, 3.8) is 0 Å². The molecule has 0 bridgehead atoms. The quantitative estimate of drug-likeness (QED) is 0.735. The molecule has 4 aliphatic rings. The van der Waals surface area contributed by atoms with Crippen molar-refractivity contribution in [1.29, 1.82) is 0 Å². The number of hydrogen-bond acceptors (Lipinski definition) is 5. The van der Waals surface area contributed by atoms with Gasteiger partial charge in [-0.1, -0.05) is 13.8 Å². The van der Waals surface area contributed by atoms with Crippen LogP contribution in [0, 0.1) is 40.4 Å². The minimum atomic E-state index is -0.441. The molecule has 9 atom stereocenters. The molecule has 1 N–H and O–H groups in total. The molecule has 32 heavy (non-hydrogen) atoms. The number of aromatic nitrogens is 3. The van der Waals surface area contributed by atoms with Gasteiger partial charge in [0.25, 0.3) is 0 Å². The van der Waals surface area contributed by atoms with Gasteiger partial charge in [-0.25, -0.2) is 0 Å². The van der Waals surface area contributed by atoms with E-state index in [4.69, 9.17) is 4.74 Å². The second-order valence-corrected chi connectivity index (χ2v) is 12.0. The van der Waals surface area contributed by atoms with Crippen LogP contribution in [-0.4, -0.2) is 44.7 Å². The van der Waals surface area contributed by atoms with Crippen LogP contribution in [0.2, 0.25) is 0 Å². The van der Waals surface area contributed by atoms with Crippen molar-refractivity contribution in [3.8, 4) is 0 Å². The minimum Gasteiger partial charge on any atom is -0.390 e. The van der Waals surface area contributed by atoms with Crippen LogP contribution < -0.4 is 0 Å². The zero-order valence-corrected chi connectivity index (χ0v) is 20.3. The first-order chi connectivity index (χ1) is 15.2. The molecular weight excluding hydrogens is 402 g/mol. The van der Waals surface area contributed by atoms with Gasteiger partial charge in [-0.15, -0.1) is 0 Å². The third kappa shape index (κ3) is 3.23. The van der Waals surface area contributed by atoms with Crippen molar-refractivity contribution in [1.82, 2.24) is 15.0 Å². The van der Waals surface area contributed by atoms with Crippen LogP contribution in [0.4, 0.5) is 0 Å². The minimum absolute atomic E-state index is 0.103. The Labute approximate surface area is 192 Å². The Morgan fingerprint density at radius 1 is 1.06 bits per heavy atom. The monoisotopic (exact) mass is 443 g/mol. The van der Waals surface area contributed by atoms with E-state index in [0.29, 0.717) is 30.1 Å². The number of rotatable bonds is 5.